The van der Waals surface area contributed by atoms with Crippen LogP contribution >= 0.6 is 0 Å². The Labute approximate surface area is 127 Å². The molecule has 0 radical (unpaired) electrons. The normalized spacial score (nSPS) is 30.5. The predicted molar refractivity (Wildman–Crippen MR) is 74.6 cm³/mol. The molecule has 118 valence electrons. The first-order valence-electron chi connectivity index (χ1n) is 7.24. The first kappa shape index (κ1) is 15.0. The fraction of sp³-hybridized carbons (Fsp3) is 0.467. The number of esters is 1. The van der Waals surface area contributed by atoms with E-state index >= 15 is 0 Å². The summed E-state index contributed by atoms with van der Waals surface area (Å²) in [6.45, 7) is 2.11. The number of hydroxylamine groups is 1. The van der Waals surface area contributed by atoms with Gasteiger partial charge in [-0.1, -0.05) is 30.3 Å². The van der Waals surface area contributed by atoms with Crippen molar-refractivity contribution in [2.75, 3.05) is 13.2 Å². The number of amides is 1. The van der Waals surface area contributed by atoms with Crippen molar-refractivity contribution in [1.29, 1.82) is 0 Å². The largest absolute Gasteiger partial charge is 0.465 e. The summed E-state index contributed by atoms with van der Waals surface area (Å²) >= 11 is 0. The molecule has 7 heteroatoms. The molecular weight excluding hydrogens is 288 g/mol. The van der Waals surface area contributed by atoms with E-state index < -0.39 is 30.2 Å². The fourth-order valence-electron chi connectivity index (χ4n) is 3.13. The van der Waals surface area contributed by atoms with Crippen molar-refractivity contribution in [3.63, 3.8) is 0 Å². The van der Waals surface area contributed by atoms with Crippen LogP contribution in [0.5, 0.6) is 0 Å². The van der Waals surface area contributed by atoms with Crippen LogP contribution in [0.2, 0.25) is 0 Å². The minimum Gasteiger partial charge on any atom is -0.465 e. The molecule has 2 aliphatic heterocycles. The molecule has 2 unspecified atom stereocenters. The Hall–Kier alpha value is -1.96. The third-order valence-corrected chi connectivity index (χ3v) is 4.10. The molecule has 4 atom stereocenters. The second-order valence-corrected chi connectivity index (χ2v) is 5.29. The lowest BCUT2D eigenvalue weighted by molar-refractivity contribution is -0.155. The van der Waals surface area contributed by atoms with Gasteiger partial charge in [0, 0.05) is 5.56 Å². The Balaban J connectivity index is 1.89. The number of nitrogens with zero attached hydrogens (tertiary/aromatic N) is 1. The standard InChI is InChI=1S/C15H18N2O5/c1-2-21-15(19)11-12(16-20)10-8-22-14(17(10)13(11)18)9-6-4-3-5-7-9/h3-7,10-12,14,16,20H,2,8H2,1H3/t10-,11?,12?,14-/m1/s1. The van der Waals surface area contributed by atoms with Gasteiger partial charge in [0.1, 0.15) is 0 Å². The van der Waals surface area contributed by atoms with Crippen molar-refractivity contribution in [3.05, 3.63) is 35.9 Å². The second kappa shape index (κ2) is 6.04. The number of fused-ring (bicyclic) bond motifs is 1. The van der Waals surface area contributed by atoms with Gasteiger partial charge in [0.15, 0.2) is 12.1 Å². The van der Waals surface area contributed by atoms with Crippen molar-refractivity contribution >= 4 is 11.9 Å². The topological polar surface area (TPSA) is 88.1 Å². The SMILES string of the molecule is CCOC(=O)C1C(=O)N2[C@@H](c3ccccc3)OC[C@@H]2C1NO. The van der Waals surface area contributed by atoms with E-state index in [9.17, 15) is 14.8 Å². The van der Waals surface area contributed by atoms with E-state index in [1.54, 1.807) is 6.92 Å². The monoisotopic (exact) mass is 306 g/mol. The summed E-state index contributed by atoms with van der Waals surface area (Å²) in [5.41, 5.74) is 2.92. The Morgan fingerprint density at radius 2 is 2.18 bits per heavy atom. The molecule has 2 saturated heterocycles. The molecular formula is C15H18N2O5. The molecule has 2 N–H and O–H groups in total. The maximum absolute atomic E-state index is 12.7. The number of rotatable bonds is 4. The molecule has 0 aliphatic carbocycles. The zero-order chi connectivity index (χ0) is 15.7. The summed E-state index contributed by atoms with van der Waals surface area (Å²) in [6.07, 6.45) is -0.547. The third kappa shape index (κ3) is 2.27. The number of carbonyl (C=O) groups excluding carboxylic acids is 2. The van der Waals surface area contributed by atoms with Crippen LogP contribution in [0.4, 0.5) is 0 Å². The van der Waals surface area contributed by atoms with E-state index in [1.165, 1.54) is 4.90 Å². The van der Waals surface area contributed by atoms with Gasteiger partial charge in [-0.25, -0.2) is 0 Å². The minimum absolute atomic E-state index is 0.185. The van der Waals surface area contributed by atoms with Crippen molar-refractivity contribution in [1.82, 2.24) is 10.4 Å². The quantitative estimate of drug-likeness (QED) is 0.477. The van der Waals surface area contributed by atoms with Crippen LogP contribution in [0.25, 0.3) is 0 Å². The Morgan fingerprint density at radius 3 is 2.82 bits per heavy atom. The zero-order valence-electron chi connectivity index (χ0n) is 12.1. The molecule has 2 aliphatic rings. The van der Waals surface area contributed by atoms with Crippen LogP contribution < -0.4 is 5.48 Å². The average molecular weight is 306 g/mol. The maximum Gasteiger partial charge on any atom is 0.320 e. The van der Waals surface area contributed by atoms with Crippen molar-refractivity contribution in [2.24, 2.45) is 5.92 Å². The Kier molecular flexibility index (Phi) is 4.10. The first-order chi connectivity index (χ1) is 10.7. The molecule has 1 amide bonds. The summed E-state index contributed by atoms with van der Waals surface area (Å²) in [4.78, 5) is 26.2. The first-order valence-corrected chi connectivity index (χ1v) is 7.24. The minimum atomic E-state index is -1.05. The lowest BCUT2D eigenvalue weighted by Gasteiger charge is -2.23. The van der Waals surface area contributed by atoms with Crippen LogP contribution in [-0.2, 0) is 19.1 Å². The molecule has 2 fully saturated rings. The third-order valence-electron chi connectivity index (χ3n) is 4.10. The van der Waals surface area contributed by atoms with Gasteiger partial charge in [-0.2, -0.15) is 5.48 Å². The number of ether oxygens (including phenoxy) is 2. The summed E-state index contributed by atoms with van der Waals surface area (Å²) < 4.78 is 10.7. The summed E-state index contributed by atoms with van der Waals surface area (Å²) in [7, 11) is 0. The molecule has 22 heavy (non-hydrogen) atoms. The summed E-state index contributed by atoms with van der Waals surface area (Å²) in [5, 5.41) is 9.38. The van der Waals surface area contributed by atoms with Crippen molar-refractivity contribution in [2.45, 2.75) is 25.2 Å². The van der Waals surface area contributed by atoms with E-state index in [0.29, 0.717) is 0 Å². The Morgan fingerprint density at radius 1 is 1.45 bits per heavy atom. The van der Waals surface area contributed by atoms with E-state index in [2.05, 4.69) is 5.48 Å². The smallest absolute Gasteiger partial charge is 0.320 e. The summed E-state index contributed by atoms with van der Waals surface area (Å²) in [6, 6.07) is 8.17. The molecule has 0 bridgehead atoms. The number of carbonyl (C=O) groups is 2. The zero-order valence-corrected chi connectivity index (χ0v) is 12.1. The van der Waals surface area contributed by atoms with Crippen LogP contribution in [0.15, 0.2) is 30.3 Å². The number of hydrogen-bond acceptors (Lipinski definition) is 6. The maximum atomic E-state index is 12.7. The van der Waals surface area contributed by atoms with Crippen LogP contribution in [0.3, 0.4) is 0 Å². The molecule has 0 aromatic heterocycles. The highest BCUT2D eigenvalue weighted by atomic mass is 16.5. The molecule has 1 aromatic carbocycles. The molecule has 0 spiro atoms. The molecule has 1 aromatic rings. The van der Waals surface area contributed by atoms with Crippen LogP contribution in [0.1, 0.15) is 18.7 Å². The number of benzene rings is 1. The fourth-order valence-corrected chi connectivity index (χ4v) is 3.13. The van der Waals surface area contributed by atoms with E-state index in [1.807, 2.05) is 30.3 Å². The average Bonchev–Trinajstić information content (AvgIpc) is 3.07. The highest BCUT2D eigenvalue weighted by molar-refractivity contribution is 6.01. The van der Waals surface area contributed by atoms with Crippen molar-refractivity contribution in [3.8, 4) is 0 Å². The lowest BCUT2D eigenvalue weighted by Crippen LogP contribution is -2.44. The highest BCUT2D eigenvalue weighted by Gasteiger charge is 2.57. The molecule has 2 heterocycles. The van der Waals surface area contributed by atoms with Crippen LogP contribution in [0, 0.1) is 5.92 Å². The lowest BCUT2D eigenvalue weighted by atomic mass is 9.99. The second-order valence-electron chi connectivity index (χ2n) is 5.29. The molecule has 0 saturated carbocycles. The number of hydrogen-bond donors (Lipinski definition) is 2. The predicted octanol–water partition coefficient (Wildman–Crippen LogP) is 0.453. The van der Waals surface area contributed by atoms with Gasteiger partial charge in [-0.05, 0) is 6.92 Å². The van der Waals surface area contributed by atoms with Gasteiger partial charge < -0.3 is 19.6 Å². The van der Waals surface area contributed by atoms with E-state index in [-0.39, 0.29) is 19.1 Å². The van der Waals surface area contributed by atoms with E-state index in [4.69, 9.17) is 9.47 Å². The van der Waals surface area contributed by atoms with Gasteiger partial charge >= 0.3 is 5.97 Å². The van der Waals surface area contributed by atoms with Gasteiger partial charge in [-0.3, -0.25) is 9.59 Å². The van der Waals surface area contributed by atoms with Gasteiger partial charge in [0.2, 0.25) is 5.91 Å². The molecule has 3 rings (SSSR count). The van der Waals surface area contributed by atoms with Gasteiger partial charge in [0.05, 0.1) is 25.3 Å². The Bertz CT molecular complexity index is 564. The van der Waals surface area contributed by atoms with Crippen LogP contribution in [-0.4, -0.2) is 47.3 Å². The van der Waals surface area contributed by atoms with Gasteiger partial charge in [0.25, 0.3) is 0 Å². The summed E-state index contributed by atoms with van der Waals surface area (Å²) in [5.74, 6) is -2.06. The number of nitrogens with one attached hydrogen (secondary N) is 1. The highest BCUT2D eigenvalue weighted by Crippen LogP contribution is 2.40. The van der Waals surface area contributed by atoms with E-state index in [0.717, 1.165) is 5.56 Å². The molecule has 7 nitrogen and oxygen atoms in total. The van der Waals surface area contributed by atoms with Gasteiger partial charge in [-0.15, -0.1) is 0 Å². The van der Waals surface area contributed by atoms with Crippen molar-refractivity contribution < 1.29 is 24.3 Å².